The molecule has 0 radical (unpaired) electrons. The second-order valence-corrected chi connectivity index (χ2v) is 8.53. The fraction of sp³-hybridized carbons (Fsp3) is 0.320. The Bertz CT molecular complexity index is 1340. The number of fused-ring (bicyclic) bond motifs is 2. The van der Waals surface area contributed by atoms with Crippen LogP contribution in [0.25, 0.3) is 22.6 Å². The van der Waals surface area contributed by atoms with Crippen molar-refractivity contribution in [2.75, 3.05) is 39.4 Å². The molecule has 0 unspecified atom stereocenters. The number of hydrogen-bond acceptors (Lipinski definition) is 8. The van der Waals surface area contributed by atoms with Crippen LogP contribution in [0.2, 0.25) is 0 Å². The van der Waals surface area contributed by atoms with Crippen LogP contribution in [-0.4, -0.2) is 65.2 Å². The van der Waals surface area contributed by atoms with Crippen molar-refractivity contribution in [2.24, 2.45) is 0 Å². The molecule has 2 aliphatic rings. The summed E-state index contributed by atoms with van der Waals surface area (Å²) in [5, 5.41) is 4.68. The Morgan fingerprint density at radius 3 is 2.65 bits per heavy atom. The number of ether oxygens (including phenoxy) is 2. The first kappa shape index (κ1) is 20.7. The van der Waals surface area contributed by atoms with Crippen LogP contribution in [0.5, 0.6) is 11.5 Å². The zero-order chi connectivity index (χ0) is 23.1. The molecule has 0 N–H and O–H groups in total. The highest BCUT2D eigenvalue weighted by Gasteiger charge is 2.27. The number of aromatic nitrogens is 2. The Morgan fingerprint density at radius 2 is 1.85 bits per heavy atom. The lowest BCUT2D eigenvalue weighted by Crippen LogP contribution is -2.48. The number of piperazine rings is 1. The molecule has 1 saturated heterocycles. The van der Waals surface area contributed by atoms with E-state index in [9.17, 15) is 4.79 Å². The molecular formula is C25H24N4O5. The molecule has 1 fully saturated rings. The van der Waals surface area contributed by atoms with Gasteiger partial charge in [-0.15, -0.1) is 0 Å². The van der Waals surface area contributed by atoms with Crippen molar-refractivity contribution in [3.05, 3.63) is 59.5 Å². The van der Waals surface area contributed by atoms with E-state index in [1.165, 1.54) is 5.56 Å². The van der Waals surface area contributed by atoms with E-state index in [1.54, 1.807) is 18.4 Å². The van der Waals surface area contributed by atoms with Crippen LogP contribution >= 0.6 is 0 Å². The first-order valence-corrected chi connectivity index (χ1v) is 11.4. The van der Waals surface area contributed by atoms with Crippen molar-refractivity contribution in [3.8, 4) is 23.0 Å². The van der Waals surface area contributed by atoms with Crippen LogP contribution in [0.3, 0.4) is 0 Å². The van der Waals surface area contributed by atoms with E-state index in [2.05, 4.69) is 21.1 Å². The first-order valence-electron chi connectivity index (χ1n) is 11.4. The molecule has 0 bridgehead atoms. The summed E-state index contributed by atoms with van der Waals surface area (Å²) in [6, 6.07) is 11.5. The third kappa shape index (κ3) is 3.77. The number of carbonyl (C=O) groups is 1. The second kappa shape index (κ2) is 8.49. The van der Waals surface area contributed by atoms with E-state index in [4.69, 9.17) is 18.4 Å². The Morgan fingerprint density at radius 1 is 1.03 bits per heavy atom. The predicted octanol–water partition coefficient (Wildman–Crippen LogP) is 3.52. The summed E-state index contributed by atoms with van der Waals surface area (Å²) < 4.78 is 22.2. The molecule has 6 rings (SSSR count). The molecule has 34 heavy (non-hydrogen) atoms. The third-order valence-electron chi connectivity index (χ3n) is 6.29. The minimum absolute atomic E-state index is 0.0505. The molecule has 2 aliphatic heterocycles. The zero-order valence-electron chi connectivity index (χ0n) is 18.8. The number of aryl methyl sites for hydroxylation is 1. The summed E-state index contributed by atoms with van der Waals surface area (Å²) in [5.74, 6) is 2.13. The quantitative estimate of drug-likeness (QED) is 0.457. The van der Waals surface area contributed by atoms with Gasteiger partial charge in [-0.1, -0.05) is 11.2 Å². The maximum absolute atomic E-state index is 13.6. The molecule has 1 amide bonds. The van der Waals surface area contributed by atoms with Gasteiger partial charge in [0.25, 0.3) is 11.6 Å². The van der Waals surface area contributed by atoms with Crippen molar-refractivity contribution in [3.63, 3.8) is 0 Å². The van der Waals surface area contributed by atoms with E-state index in [0.717, 1.165) is 31.1 Å². The molecular weight excluding hydrogens is 436 g/mol. The number of hydrogen-bond donors (Lipinski definition) is 0. The Balaban J connectivity index is 1.18. The summed E-state index contributed by atoms with van der Waals surface area (Å²) in [5.41, 5.74) is 3.24. The number of rotatable bonds is 4. The summed E-state index contributed by atoms with van der Waals surface area (Å²) in [7, 11) is 0. The Hall–Kier alpha value is -3.85. The molecule has 1 aromatic carbocycles. The fourth-order valence-electron chi connectivity index (χ4n) is 4.54. The third-order valence-corrected chi connectivity index (χ3v) is 6.29. The first-order chi connectivity index (χ1) is 16.7. The molecule has 5 heterocycles. The van der Waals surface area contributed by atoms with Gasteiger partial charge in [0.05, 0.1) is 22.9 Å². The average molecular weight is 460 g/mol. The van der Waals surface area contributed by atoms with Gasteiger partial charge in [-0.2, -0.15) is 0 Å². The van der Waals surface area contributed by atoms with Gasteiger partial charge in [-0.05, 0) is 42.8 Å². The van der Waals surface area contributed by atoms with E-state index < -0.39 is 0 Å². The number of amides is 1. The fourth-order valence-corrected chi connectivity index (χ4v) is 4.54. The highest BCUT2D eigenvalue weighted by Crippen LogP contribution is 2.32. The maximum Gasteiger partial charge on any atom is 0.259 e. The number of benzene rings is 1. The second-order valence-electron chi connectivity index (χ2n) is 8.53. The van der Waals surface area contributed by atoms with Gasteiger partial charge >= 0.3 is 0 Å². The number of nitrogens with zero attached hydrogens (tertiary/aromatic N) is 4. The van der Waals surface area contributed by atoms with Crippen molar-refractivity contribution >= 4 is 17.0 Å². The lowest BCUT2D eigenvalue weighted by Gasteiger charge is -2.35. The molecule has 4 aromatic rings. The van der Waals surface area contributed by atoms with Crippen LogP contribution in [0.15, 0.2) is 51.6 Å². The van der Waals surface area contributed by atoms with Gasteiger partial charge in [-0.25, -0.2) is 4.98 Å². The van der Waals surface area contributed by atoms with Crippen LogP contribution in [0.4, 0.5) is 0 Å². The molecule has 0 saturated carbocycles. The summed E-state index contributed by atoms with van der Waals surface area (Å²) >= 11 is 0. The monoisotopic (exact) mass is 460 g/mol. The van der Waals surface area contributed by atoms with Gasteiger partial charge in [0.2, 0.25) is 0 Å². The van der Waals surface area contributed by atoms with Gasteiger partial charge in [-0.3, -0.25) is 9.69 Å². The number of pyridine rings is 1. The Kier molecular flexibility index (Phi) is 5.18. The lowest BCUT2D eigenvalue weighted by atomic mass is 10.1. The lowest BCUT2D eigenvalue weighted by molar-refractivity contribution is 0.0630. The minimum Gasteiger partial charge on any atom is -0.486 e. The number of carbonyl (C=O) groups excluding carboxylic acids is 1. The average Bonchev–Trinajstić information content (AvgIpc) is 3.54. The standard InChI is InChI=1S/C25H24N4O5/c1-16-23-18(14-19(20-3-2-10-31-20)26-24(23)34-27-16)25(30)29-8-6-28(7-9-29)15-17-4-5-21-22(13-17)33-12-11-32-21/h2-5,10,13-14H,6-9,11-12,15H2,1H3. The predicted molar refractivity (Wildman–Crippen MR) is 123 cm³/mol. The van der Waals surface area contributed by atoms with Crippen molar-refractivity contribution < 1.29 is 23.2 Å². The molecule has 9 heteroatoms. The molecule has 9 nitrogen and oxygen atoms in total. The van der Waals surface area contributed by atoms with Crippen LogP contribution in [0.1, 0.15) is 21.6 Å². The topological polar surface area (TPSA) is 94.1 Å². The normalized spacial score (nSPS) is 16.2. The van der Waals surface area contributed by atoms with Crippen LogP contribution in [0, 0.1) is 6.92 Å². The SMILES string of the molecule is Cc1noc2nc(-c3ccco3)cc(C(=O)N3CCN(Cc4ccc5c(c4)OCCO5)CC3)c12. The highest BCUT2D eigenvalue weighted by atomic mass is 16.6. The van der Waals surface area contributed by atoms with E-state index in [0.29, 0.717) is 60.1 Å². The molecule has 3 aromatic heterocycles. The van der Waals surface area contributed by atoms with Gasteiger partial charge in [0.1, 0.15) is 18.9 Å². The van der Waals surface area contributed by atoms with E-state index in [1.807, 2.05) is 30.0 Å². The van der Waals surface area contributed by atoms with E-state index in [-0.39, 0.29) is 5.91 Å². The molecule has 174 valence electrons. The molecule has 0 aliphatic carbocycles. The largest absolute Gasteiger partial charge is 0.486 e. The van der Waals surface area contributed by atoms with E-state index >= 15 is 0 Å². The Labute approximate surface area is 195 Å². The number of furan rings is 1. The minimum atomic E-state index is -0.0505. The smallest absolute Gasteiger partial charge is 0.259 e. The molecule has 0 spiro atoms. The van der Waals surface area contributed by atoms with Gasteiger partial charge < -0.3 is 23.3 Å². The summed E-state index contributed by atoms with van der Waals surface area (Å²) in [6.45, 7) is 6.61. The van der Waals surface area contributed by atoms with Gasteiger partial charge in [0, 0.05) is 32.7 Å². The van der Waals surface area contributed by atoms with Crippen LogP contribution in [-0.2, 0) is 6.54 Å². The maximum atomic E-state index is 13.6. The summed E-state index contributed by atoms with van der Waals surface area (Å²) in [6.07, 6.45) is 1.58. The van der Waals surface area contributed by atoms with Gasteiger partial charge in [0.15, 0.2) is 17.3 Å². The van der Waals surface area contributed by atoms with Crippen molar-refractivity contribution in [1.82, 2.24) is 19.9 Å². The molecule has 0 atom stereocenters. The van der Waals surface area contributed by atoms with Crippen molar-refractivity contribution in [1.29, 1.82) is 0 Å². The van der Waals surface area contributed by atoms with Crippen LogP contribution < -0.4 is 9.47 Å². The van der Waals surface area contributed by atoms with Crippen molar-refractivity contribution in [2.45, 2.75) is 13.5 Å². The summed E-state index contributed by atoms with van der Waals surface area (Å²) in [4.78, 5) is 22.3. The zero-order valence-corrected chi connectivity index (χ0v) is 18.8. The highest BCUT2D eigenvalue weighted by molar-refractivity contribution is 6.06.